The van der Waals surface area contributed by atoms with Gasteiger partial charge in [-0.05, 0) is 44.2 Å². The number of carbonyl (C=O) groups is 2. The smallest absolute Gasteiger partial charge is 0.241 e. The second-order valence-electron chi connectivity index (χ2n) is 4.98. The molecule has 0 aliphatic rings. The number of nitrogens with one attached hydrogen (secondary N) is 3. The Morgan fingerprint density at radius 2 is 1.79 bits per heavy atom. The van der Waals surface area contributed by atoms with Crippen LogP contribution in [-0.4, -0.2) is 39.4 Å². The summed E-state index contributed by atoms with van der Waals surface area (Å²) in [6, 6.07) is 4.75. The van der Waals surface area contributed by atoms with Gasteiger partial charge in [0.25, 0.3) is 0 Å². The zero-order valence-electron chi connectivity index (χ0n) is 13.5. The van der Waals surface area contributed by atoms with E-state index < -0.39 is 22.0 Å². The molecule has 10 heteroatoms. The van der Waals surface area contributed by atoms with Gasteiger partial charge in [-0.15, -0.1) is 12.4 Å². The van der Waals surface area contributed by atoms with Crippen LogP contribution in [0.3, 0.4) is 0 Å². The lowest BCUT2D eigenvalue weighted by Gasteiger charge is -2.14. The third-order valence-electron chi connectivity index (χ3n) is 2.89. The predicted molar refractivity (Wildman–Crippen MR) is 94.5 cm³/mol. The SMILES string of the molecule is CC(=O)Nc1ccc(S(=O)(=O)NC(C)C(=O)NCCCN)cc1.Cl. The molecule has 2 amide bonds. The summed E-state index contributed by atoms with van der Waals surface area (Å²) < 4.78 is 26.7. The number of rotatable bonds is 8. The van der Waals surface area contributed by atoms with E-state index in [9.17, 15) is 18.0 Å². The minimum absolute atomic E-state index is 0. The van der Waals surface area contributed by atoms with Gasteiger partial charge in [0.1, 0.15) is 0 Å². The second kappa shape index (κ2) is 10.2. The van der Waals surface area contributed by atoms with Crippen LogP contribution in [0.2, 0.25) is 0 Å². The number of amides is 2. The van der Waals surface area contributed by atoms with E-state index in [0.717, 1.165) is 0 Å². The summed E-state index contributed by atoms with van der Waals surface area (Å²) in [6.45, 7) is 3.66. The first kappa shape index (κ1) is 22.3. The average Bonchev–Trinajstić information content (AvgIpc) is 2.46. The highest BCUT2D eigenvalue weighted by Crippen LogP contribution is 2.14. The fraction of sp³-hybridized carbons (Fsp3) is 0.429. The minimum atomic E-state index is -3.83. The van der Waals surface area contributed by atoms with E-state index in [2.05, 4.69) is 15.4 Å². The third kappa shape index (κ3) is 7.26. The molecule has 0 fully saturated rings. The van der Waals surface area contributed by atoms with E-state index in [4.69, 9.17) is 5.73 Å². The van der Waals surface area contributed by atoms with Crippen molar-refractivity contribution in [3.8, 4) is 0 Å². The fourth-order valence-corrected chi connectivity index (χ4v) is 2.94. The molecule has 8 nitrogen and oxygen atoms in total. The fourth-order valence-electron chi connectivity index (χ4n) is 1.74. The molecule has 0 aliphatic carbocycles. The second-order valence-corrected chi connectivity index (χ2v) is 6.70. The number of hydrogen-bond donors (Lipinski definition) is 4. The van der Waals surface area contributed by atoms with Gasteiger partial charge < -0.3 is 16.4 Å². The summed E-state index contributed by atoms with van der Waals surface area (Å²) in [5, 5.41) is 5.14. The standard InChI is InChI=1S/C14H22N4O4S.ClH/c1-10(14(20)16-9-3-8-15)18-23(21,22)13-6-4-12(5-7-13)17-11(2)19;/h4-7,10,18H,3,8-9,15H2,1-2H3,(H,16,20)(H,17,19);1H. The number of nitrogens with two attached hydrogens (primary N) is 1. The monoisotopic (exact) mass is 378 g/mol. The van der Waals surface area contributed by atoms with Gasteiger partial charge in [0.2, 0.25) is 21.8 Å². The predicted octanol–water partition coefficient (Wildman–Crippen LogP) is 0.199. The summed E-state index contributed by atoms with van der Waals surface area (Å²) in [7, 11) is -3.83. The van der Waals surface area contributed by atoms with Crippen LogP contribution in [0.25, 0.3) is 0 Å². The van der Waals surface area contributed by atoms with E-state index in [-0.39, 0.29) is 23.2 Å². The van der Waals surface area contributed by atoms with Crippen LogP contribution >= 0.6 is 12.4 Å². The van der Waals surface area contributed by atoms with Crippen LogP contribution in [0, 0.1) is 0 Å². The molecule has 24 heavy (non-hydrogen) atoms. The molecule has 1 aromatic rings. The van der Waals surface area contributed by atoms with Crippen molar-refractivity contribution in [2.75, 3.05) is 18.4 Å². The number of anilines is 1. The van der Waals surface area contributed by atoms with E-state index in [0.29, 0.717) is 25.2 Å². The molecule has 136 valence electrons. The van der Waals surface area contributed by atoms with Gasteiger partial charge in [0, 0.05) is 19.2 Å². The number of halogens is 1. The summed E-state index contributed by atoms with van der Waals surface area (Å²) >= 11 is 0. The Labute approximate surface area is 148 Å². The molecule has 0 aromatic heterocycles. The molecule has 0 saturated heterocycles. The highest BCUT2D eigenvalue weighted by atomic mass is 35.5. The maximum atomic E-state index is 12.2. The van der Waals surface area contributed by atoms with E-state index >= 15 is 0 Å². The van der Waals surface area contributed by atoms with E-state index in [1.165, 1.54) is 38.1 Å². The van der Waals surface area contributed by atoms with Crippen LogP contribution in [0.15, 0.2) is 29.2 Å². The average molecular weight is 379 g/mol. The molecule has 0 bridgehead atoms. The van der Waals surface area contributed by atoms with Crippen molar-refractivity contribution in [3.63, 3.8) is 0 Å². The van der Waals surface area contributed by atoms with E-state index in [1.807, 2.05) is 0 Å². The van der Waals surface area contributed by atoms with Crippen molar-refractivity contribution in [2.45, 2.75) is 31.2 Å². The lowest BCUT2D eigenvalue weighted by Crippen LogP contribution is -2.45. The number of benzene rings is 1. The molecule has 5 N–H and O–H groups in total. The number of sulfonamides is 1. The molecule has 0 radical (unpaired) electrons. The molecule has 1 unspecified atom stereocenters. The van der Waals surface area contributed by atoms with Gasteiger partial charge in [-0.2, -0.15) is 4.72 Å². The van der Waals surface area contributed by atoms with Gasteiger partial charge in [-0.25, -0.2) is 8.42 Å². The summed E-state index contributed by atoms with van der Waals surface area (Å²) in [6.07, 6.45) is 0.621. The molecule has 0 heterocycles. The first-order valence-electron chi connectivity index (χ1n) is 7.14. The molecule has 0 aliphatic heterocycles. The van der Waals surface area contributed by atoms with Gasteiger partial charge >= 0.3 is 0 Å². The summed E-state index contributed by atoms with van der Waals surface area (Å²) in [5.74, 6) is -0.668. The number of hydrogen-bond acceptors (Lipinski definition) is 5. The third-order valence-corrected chi connectivity index (χ3v) is 4.45. The van der Waals surface area contributed by atoms with Crippen LogP contribution in [0.1, 0.15) is 20.3 Å². The van der Waals surface area contributed by atoms with Crippen LogP contribution in [0.5, 0.6) is 0 Å². The van der Waals surface area contributed by atoms with Crippen LogP contribution in [0.4, 0.5) is 5.69 Å². The maximum Gasteiger partial charge on any atom is 0.241 e. The van der Waals surface area contributed by atoms with Crippen molar-refractivity contribution >= 4 is 39.9 Å². The Morgan fingerprint density at radius 3 is 2.29 bits per heavy atom. The first-order chi connectivity index (χ1) is 10.8. The molecular formula is C14H23ClN4O4S. The molecule has 1 atom stereocenters. The highest BCUT2D eigenvalue weighted by Gasteiger charge is 2.21. The zero-order valence-corrected chi connectivity index (χ0v) is 15.2. The Bertz CT molecular complexity index is 649. The Balaban J connectivity index is 0.00000529. The van der Waals surface area contributed by atoms with Gasteiger partial charge in [0.15, 0.2) is 0 Å². The normalized spacial score (nSPS) is 12.0. The Morgan fingerprint density at radius 1 is 1.21 bits per heavy atom. The van der Waals surface area contributed by atoms with Gasteiger partial charge in [0.05, 0.1) is 10.9 Å². The van der Waals surface area contributed by atoms with Crippen molar-refractivity contribution in [1.29, 1.82) is 0 Å². The molecule has 1 rings (SSSR count). The van der Waals surface area contributed by atoms with Crippen molar-refractivity contribution < 1.29 is 18.0 Å². The zero-order chi connectivity index (χ0) is 17.5. The summed E-state index contributed by atoms with van der Waals surface area (Å²) in [5.41, 5.74) is 5.81. The largest absolute Gasteiger partial charge is 0.355 e. The Hall–Kier alpha value is -1.68. The quantitative estimate of drug-likeness (QED) is 0.480. The molecule has 0 spiro atoms. The van der Waals surface area contributed by atoms with Crippen LogP contribution < -0.4 is 21.1 Å². The summed E-state index contributed by atoms with van der Waals surface area (Å²) in [4.78, 5) is 22.7. The van der Waals surface area contributed by atoms with Gasteiger partial charge in [-0.3, -0.25) is 9.59 Å². The minimum Gasteiger partial charge on any atom is -0.355 e. The Kier molecular flexibility index (Phi) is 9.52. The van der Waals surface area contributed by atoms with Crippen molar-refractivity contribution in [2.24, 2.45) is 5.73 Å². The lowest BCUT2D eigenvalue weighted by atomic mass is 10.3. The highest BCUT2D eigenvalue weighted by molar-refractivity contribution is 7.89. The van der Waals surface area contributed by atoms with Crippen LogP contribution in [-0.2, 0) is 19.6 Å². The van der Waals surface area contributed by atoms with E-state index in [1.54, 1.807) is 0 Å². The number of carbonyl (C=O) groups excluding carboxylic acids is 2. The van der Waals surface area contributed by atoms with Gasteiger partial charge in [-0.1, -0.05) is 0 Å². The van der Waals surface area contributed by atoms with Crippen molar-refractivity contribution in [3.05, 3.63) is 24.3 Å². The molecule has 1 aromatic carbocycles. The first-order valence-corrected chi connectivity index (χ1v) is 8.62. The molecular weight excluding hydrogens is 356 g/mol. The lowest BCUT2D eigenvalue weighted by molar-refractivity contribution is -0.122. The maximum absolute atomic E-state index is 12.2. The topological polar surface area (TPSA) is 130 Å². The van der Waals surface area contributed by atoms with Crippen molar-refractivity contribution in [1.82, 2.24) is 10.0 Å². The molecule has 0 saturated carbocycles.